The molecule has 5 aromatic rings. The first-order chi connectivity index (χ1) is 15.6. The van der Waals surface area contributed by atoms with E-state index in [1.807, 2.05) is 79.7 Å². The van der Waals surface area contributed by atoms with Gasteiger partial charge in [0, 0.05) is 15.4 Å². The number of para-hydroxylation sites is 1. The maximum atomic E-state index is 13.3. The van der Waals surface area contributed by atoms with Gasteiger partial charge in [-0.15, -0.1) is 0 Å². The van der Waals surface area contributed by atoms with Crippen molar-refractivity contribution in [2.45, 2.75) is 6.92 Å². The maximum absolute atomic E-state index is 13.3. The molecular weight excluding hydrogens is 486 g/mol. The molecule has 0 radical (unpaired) electrons. The number of amides is 1. The lowest BCUT2D eigenvalue weighted by atomic mass is 10.0. The van der Waals surface area contributed by atoms with E-state index in [0.29, 0.717) is 17.3 Å². The summed E-state index contributed by atoms with van der Waals surface area (Å²) in [4.78, 5) is 22.6. The second-order valence-corrected chi connectivity index (χ2v) is 9.06. The third-order valence-corrected chi connectivity index (χ3v) is 6.45. The number of benzene rings is 3. The van der Waals surface area contributed by atoms with E-state index in [2.05, 4.69) is 26.2 Å². The average Bonchev–Trinajstić information content (AvgIpc) is 3.20. The second kappa shape index (κ2) is 8.68. The first-order valence-electron chi connectivity index (χ1n) is 10.1. The molecule has 0 saturated heterocycles. The van der Waals surface area contributed by atoms with Crippen LogP contribution < -0.4 is 10.1 Å². The van der Waals surface area contributed by atoms with Crippen LogP contribution in [0.4, 0.5) is 5.13 Å². The predicted molar refractivity (Wildman–Crippen MR) is 134 cm³/mol. The minimum Gasteiger partial charge on any atom is -0.494 e. The molecule has 1 N–H and O–H groups in total. The lowest BCUT2D eigenvalue weighted by Gasteiger charge is -2.09. The zero-order chi connectivity index (χ0) is 22.1. The second-order valence-electron chi connectivity index (χ2n) is 7.11. The highest BCUT2D eigenvalue weighted by atomic mass is 79.9. The van der Waals surface area contributed by atoms with Gasteiger partial charge < -0.3 is 4.74 Å². The van der Waals surface area contributed by atoms with Crippen LogP contribution in [-0.2, 0) is 0 Å². The van der Waals surface area contributed by atoms with Crippen LogP contribution in [0.25, 0.3) is 32.4 Å². The largest absolute Gasteiger partial charge is 0.494 e. The van der Waals surface area contributed by atoms with Gasteiger partial charge in [-0.2, -0.15) is 0 Å². The minimum absolute atomic E-state index is 0.217. The summed E-state index contributed by atoms with van der Waals surface area (Å²) >= 11 is 4.89. The van der Waals surface area contributed by atoms with E-state index in [1.165, 1.54) is 11.3 Å². The van der Waals surface area contributed by atoms with Crippen molar-refractivity contribution in [1.82, 2.24) is 9.97 Å². The number of carbonyl (C=O) groups excluding carboxylic acids is 1. The van der Waals surface area contributed by atoms with Gasteiger partial charge in [-0.1, -0.05) is 57.6 Å². The van der Waals surface area contributed by atoms with E-state index >= 15 is 0 Å². The van der Waals surface area contributed by atoms with Gasteiger partial charge in [-0.05, 0) is 49.4 Å². The highest BCUT2D eigenvalue weighted by Crippen LogP contribution is 2.31. The van der Waals surface area contributed by atoms with Crippen LogP contribution in [-0.4, -0.2) is 22.5 Å². The standard InChI is InChI=1S/C25H18BrN3O2S/c1-2-31-17-11-12-21-23(13-17)32-25(28-21)29-24(30)19-14-22(15-7-9-16(26)10-8-15)27-20-6-4-3-5-18(19)20/h3-14H,2H2,1H3,(H,28,29,30). The third-order valence-electron chi connectivity index (χ3n) is 4.99. The summed E-state index contributed by atoms with van der Waals surface area (Å²) in [5.41, 5.74) is 3.83. The number of aromatic nitrogens is 2. The molecule has 0 saturated carbocycles. The lowest BCUT2D eigenvalue weighted by Crippen LogP contribution is -2.13. The number of anilines is 1. The molecule has 32 heavy (non-hydrogen) atoms. The van der Waals surface area contributed by atoms with Crippen molar-refractivity contribution in [3.8, 4) is 17.0 Å². The molecule has 7 heteroatoms. The topological polar surface area (TPSA) is 64.1 Å². The molecule has 2 heterocycles. The maximum Gasteiger partial charge on any atom is 0.258 e. The molecule has 0 bridgehead atoms. The number of halogens is 1. The number of nitrogens with one attached hydrogen (secondary N) is 1. The van der Waals surface area contributed by atoms with Gasteiger partial charge in [-0.25, -0.2) is 9.97 Å². The van der Waals surface area contributed by atoms with Crippen LogP contribution in [0, 0.1) is 0 Å². The van der Waals surface area contributed by atoms with Crippen LogP contribution in [0.2, 0.25) is 0 Å². The predicted octanol–water partition coefficient (Wildman–Crippen LogP) is 6.93. The zero-order valence-corrected chi connectivity index (χ0v) is 19.5. The number of hydrogen-bond donors (Lipinski definition) is 1. The van der Waals surface area contributed by atoms with Gasteiger partial charge in [0.25, 0.3) is 5.91 Å². The smallest absolute Gasteiger partial charge is 0.258 e. The molecule has 0 spiro atoms. The fourth-order valence-corrected chi connectivity index (χ4v) is 4.66. The van der Waals surface area contributed by atoms with Crippen molar-refractivity contribution in [3.05, 3.63) is 82.8 Å². The summed E-state index contributed by atoms with van der Waals surface area (Å²) in [5.74, 6) is 0.576. The van der Waals surface area contributed by atoms with E-state index in [4.69, 9.17) is 9.72 Å². The molecule has 0 aliphatic rings. The molecule has 5 rings (SSSR count). The molecule has 0 aliphatic heterocycles. The number of carbonyl (C=O) groups is 1. The van der Waals surface area contributed by atoms with Gasteiger partial charge in [0.05, 0.1) is 33.6 Å². The van der Waals surface area contributed by atoms with Crippen molar-refractivity contribution >= 4 is 59.4 Å². The Morgan fingerprint density at radius 2 is 1.81 bits per heavy atom. The fraction of sp³-hybridized carbons (Fsp3) is 0.0800. The van der Waals surface area contributed by atoms with Gasteiger partial charge in [0.15, 0.2) is 5.13 Å². The summed E-state index contributed by atoms with van der Waals surface area (Å²) in [6.45, 7) is 2.55. The van der Waals surface area contributed by atoms with Crippen molar-refractivity contribution < 1.29 is 9.53 Å². The zero-order valence-electron chi connectivity index (χ0n) is 17.1. The molecule has 158 valence electrons. The molecule has 0 aliphatic carbocycles. The number of nitrogens with zero attached hydrogens (tertiary/aromatic N) is 2. The number of ether oxygens (including phenoxy) is 1. The summed E-state index contributed by atoms with van der Waals surface area (Å²) in [7, 11) is 0. The normalized spacial score (nSPS) is 11.1. The highest BCUT2D eigenvalue weighted by molar-refractivity contribution is 9.10. The molecule has 0 unspecified atom stereocenters. The monoisotopic (exact) mass is 503 g/mol. The summed E-state index contributed by atoms with van der Waals surface area (Å²) in [6, 6.07) is 23.1. The molecule has 3 aromatic carbocycles. The van der Waals surface area contributed by atoms with Crippen molar-refractivity contribution in [1.29, 1.82) is 0 Å². The molecule has 5 nitrogen and oxygen atoms in total. The number of hydrogen-bond acceptors (Lipinski definition) is 5. The number of rotatable bonds is 5. The molecule has 2 aromatic heterocycles. The lowest BCUT2D eigenvalue weighted by molar-refractivity contribution is 0.102. The average molecular weight is 504 g/mol. The Hall–Kier alpha value is -3.29. The van der Waals surface area contributed by atoms with Crippen molar-refractivity contribution in [2.24, 2.45) is 0 Å². The Morgan fingerprint density at radius 1 is 1.00 bits per heavy atom. The quantitative estimate of drug-likeness (QED) is 0.282. The number of pyridine rings is 1. The molecule has 0 fully saturated rings. The van der Waals surface area contributed by atoms with E-state index in [9.17, 15) is 4.79 Å². The van der Waals surface area contributed by atoms with Gasteiger partial charge in [0.1, 0.15) is 5.75 Å². The minimum atomic E-state index is -0.217. The Labute approximate surface area is 197 Å². The number of thiazole rings is 1. The molecule has 1 amide bonds. The van der Waals surface area contributed by atoms with Gasteiger partial charge in [0.2, 0.25) is 0 Å². The Kier molecular flexibility index (Phi) is 5.59. The van der Waals surface area contributed by atoms with Crippen LogP contribution in [0.5, 0.6) is 5.75 Å². The molecular formula is C25H18BrN3O2S. The number of fused-ring (bicyclic) bond motifs is 2. The fourth-order valence-electron chi connectivity index (χ4n) is 3.51. The molecule has 0 atom stereocenters. The Bertz CT molecular complexity index is 1450. The van der Waals surface area contributed by atoms with E-state index < -0.39 is 0 Å². The van der Waals surface area contributed by atoms with E-state index in [-0.39, 0.29) is 5.91 Å². The van der Waals surface area contributed by atoms with Crippen LogP contribution in [0.1, 0.15) is 17.3 Å². The van der Waals surface area contributed by atoms with Crippen molar-refractivity contribution in [2.75, 3.05) is 11.9 Å². The summed E-state index contributed by atoms with van der Waals surface area (Å²) in [6.07, 6.45) is 0. The van der Waals surface area contributed by atoms with Crippen LogP contribution >= 0.6 is 27.3 Å². The third kappa shape index (κ3) is 4.09. The first-order valence-corrected chi connectivity index (χ1v) is 11.7. The Balaban J connectivity index is 1.52. The van der Waals surface area contributed by atoms with Crippen molar-refractivity contribution in [3.63, 3.8) is 0 Å². The first kappa shape index (κ1) is 20.6. The summed E-state index contributed by atoms with van der Waals surface area (Å²) in [5, 5.41) is 4.31. The van der Waals surface area contributed by atoms with Gasteiger partial charge >= 0.3 is 0 Å². The SMILES string of the molecule is CCOc1ccc2nc(NC(=O)c3cc(-c4ccc(Br)cc4)nc4ccccc34)sc2c1. The Morgan fingerprint density at radius 3 is 2.62 bits per heavy atom. The van der Waals surface area contributed by atoms with Crippen LogP contribution in [0.15, 0.2) is 77.3 Å². The van der Waals surface area contributed by atoms with E-state index in [0.717, 1.165) is 42.6 Å². The van der Waals surface area contributed by atoms with Gasteiger partial charge in [-0.3, -0.25) is 10.1 Å². The highest BCUT2D eigenvalue weighted by Gasteiger charge is 2.16. The summed E-state index contributed by atoms with van der Waals surface area (Å²) < 4.78 is 7.51. The van der Waals surface area contributed by atoms with Crippen LogP contribution in [0.3, 0.4) is 0 Å². The van der Waals surface area contributed by atoms with E-state index in [1.54, 1.807) is 0 Å².